The predicted molar refractivity (Wildman–Crippen MR) is 65.5 cm³/mol. The van der Waals surface area contributed by atoms with E-state index in [1.807, 2.05) is 38.1 Å². The molecule has 0 radical (unpaired) electrons. The van der Waals surface area contributed by atoms with Crippen LogP contribution in [0, 0.1) is 25.2 Å². The SMILES string of the molecule is Cc1ccc(-c2cc(C#N)c(O)cn2)cc1C. The van der Waals surface area contributed by atoms with E-state index in [1.54, 1.807) is 6.07 Å². The number of benzene rings is 1. The summed E-state index contributed by atoms with van der Waals surface area (Å²) >= 11 is 0. The van der Waals surface area contributed by atoms with Gasteiger partial charge in [-0.25, -0.2) is 0 Å². The number of hydrogen-bond acceptors (Lipinski definition) is 3. The summed E-state index contributed by atoms with van der Waals surface area (Å²) in [6.45, 7) is 4.08. The van der Waals surface area contributed by atoms with Crippen molar-refractivity contribution in [3.05, 3.63) is 47.2 Å². The number of nitrogens with zero attached hydrogens (tertiary/aromatic N) is 2. The fourth-order valence-electron chi connectivity index (χ4n) is 1.60. The van der Waals surface area contributed by atoms with Gasteiger partial charge in [0.2, 0.25) is 0 Å². The van der Waals surface area contributed by atoms with Crippen molar-refractivity contribution in [2.24, 2.45) is 0 Å². The first-order chi connectivity index (χ1) is 8.11. The first kappa shape index (κ1) is 11.2. The Labute approximate surface area is 100.0 Å². The van der Waals surface area contributed by atoms with Crippen LogP contribution in [0.25, 0.3) is 11.3 Å². The van der Waals surface area contributed by atoms with Crippen molar-refractivity contribution in [2.75, 3.05) is 0 Å². The van der Waals surface area contributed by atoms with Crippen LogP contribution < -0.4 is 0 Å². The number of aromatic nitrogens is 1. The lowest BCUT2D eigenvalue weighted by atomic mass is 10.0. The number of rotatable bonds is 1. The molecule has 0 unspecified atom stereocenters. The first-order valence-corrected chi connectivity index (χ1v) is 5.28. The molecule has 84 valence electrons. The summed E-state index contributed by atoms with van der Waals surface area (Å²) in [6, 6.07) is 9.54. The number of hydrogen-bond donors (Lipinski definition) is 1. The largest absolute Gasteiger partial charge is 0.505 e. The molecule has 2 rings (SSSR count). The number of pyridine rings is 1. The first-order valence-electron chi connectivity index (χ1n) is 5.28. The molecule has 1 N–H and O–H groups in total. The topological polar surface area (TPSA) is 56.9 Å². The van der Waals surface area contributed by atoms with Crippen LogP contribution >= 0.6 is 0 Å². The molecule has 0 aliphatic carbocycles. The van der Waals surface area contributed by atoms with Gasteiger partial charge in [0.1, 0.15) is 6.07 Å². The fourth-order valence-corrected chi connectivity index (χ4v) is 1.60. The molecule has 0 bridgehead atoms. The number of aryl methyl sites for hydroxylation is 2. The molecule has 1 heterocycles. The van der Waals surface area contributed by atoms with E-state index in [2.05, 4.69) is 4.98 Å². The Morgan fingerprint density at radius 3 is 2.59 bits per heavy atom. The van der Waals surface area contributed by atoms with E-state index in [4.69, 9.17) is 5.26 Å². The third kappa shape index (κ3) is 2.11. The molecule has 0 spiro atoms. The molecule has 0 atom stereocenters. The van der Waals surface area contributed by atoms with Gasteiger partial charge < -0.3 is 5.11 Å². The van der Waals surface area contributed by atoms with Gasteiger partial charge in [-0.1, -0.05) is 12.1 Å². The summed E-state index contributed by atoms with van der Waals surface area (Å²) < 4.78 is 0. The molecule has 2 aromatic rings. The van der Waals surface area contributed by atoms with Gasteiger partial charge in [0.25, 0.3) is 0 Å². The molecule has 0 aliphatic rings. The van der Waals surface area contributed by atoms with Crippen molar-refractivity contribution in [2.45, 2.75) is 13.8 Å². The minimum atomic E-state index is -0.0833. The molecule has 3 heteroatoms. The van der Waals surface area contributed by atoms with Crippen LogP contribution in [0.2, 0.25) is 0 Å². The third-order valence-electron chi connectivity index (χ3n) is 2.81. The van der Waals surface area contributed by atoms with E-state index < -0.39 is 0 Å². The number of aromatic hydroxyl groups is 1. The monoisotopic (exact) mass is 224 g/mol. The summed E-state index contributed by atoms with van der Waals surface area (Å²) in [5.41, 5.74) is 4.28. The van der Waals surface area contributed by atoms with Gasteiger partial charge in [-0.05, 0) is 37.1 Å². The van der Waals surface area contributed by atoms with Gasteiger partial charge in [0.05, 0.1) is 17.5 Å². The van der Waals surface area contributed by atoms with E-state index >= 15 is 0 Å². The van der Waals surface area contributed by atoms with Crippen molar-refractivity contribution < 1.29 is 5.11 Å². The van der Waals surface area contributed by atoms with Crippen LogP contribution in [0.4, 0.5) is 0 Å². The van der Waals surface area contributed by atoms with Gasteiger partial charge >= 0.3 is 0 Å². The predicted octanol–water partition coefficient (Wildman–Crippen LogP) is 2.94. The highest BCUT2D eigenvalue weighted by atomic mass is 16.3. The molecule has 0 fully saturated rings. The highest BCUT2D eigenvalue weighted by Crippen LogP contribution is 2.24. The Hall–Kier alpha value is -2.34. The van der Waals surface area contributed by atoms with Gasteiger partial charge in [0, 0.05) is 5.56 Å². The minimum Gasteiger partial charge on any atom is -0.505 e. The zero-order valence-electron chi connectivity index (χ0n) is 9.73. The lowest BCUT2D eigenvalue weighted by Gasteiger charge is -2.05. The molecule has 1 aromatic carbocycles. The van der Waals surface area contributed by atoms with Gasteiger partial charge in [-0.2, -0.15) is 5.26 Å². The number of nitriles is 1. The van der Waals surface area contributed by atoms with Gasteiger partial charge in [-0.3, -0.25) is 4.98 Å². The maximum absolute atomic E-state index is 9.40. The molecule has 17 heavy (non-hydrogen) atoms. The molecule has 0 amide bonds. The van der Waals surface area contributed by atoms with E-state index in [1.165, 1.54) is 17.3 Å². The standard InChI is InChI=1S/C14H12N2O/c1-9-3-4-11(5-10(9)2)13-6-12(7-15)14(17)8-16-13/h3-6,8,17H,1-2H3. The normalized spacial score (nSPS) is 9.94. The zero-order chi connectivity index (χ0) is 12.4. The third-order valence-corrected chi connectivity index (χ3v) is 2.81. The highest BCUT2D eigenvalue weighted by Gasteiger charge is 2.06. The lowest BCUT2D eigenvalue weighted by Crippen LogP contribution is -1.88. The van der Waals surface area contributed by atoms with Crippen molar-refractivity contribution >= 4 is 0 Å². The van der Waals surface area contributed by atoms with Crippen molar-refractivity contribution in [3.8, 4) is 23.1 Å². The van der Waals surface area contributed by atoms with Crippen molar-refractivity contribution in [1.29, 1.82) is 5.26 Å². The van der Waals surface area contributed by atoms with Crippen LogP contribution in [0.15, 0.2) is 30.5 Å². The molecule has 0 aliphatic heterocycles. The Morgan fingerprint density at radius 1 is 1.18 bits per heavy atom. The van der Waals surface area contributed by atoms with E-state index in [0.717, 1.165) is 5.56 Å². The average Bonchev–Trinajstić information content (AvgIpc) is 2.33. The van der Waals surface area contributed by atoms with E-state index in [9.17, 15) is 5.11 Å². The Kier molecular flexibility index (Phi) is 2.80. The van der Waals surface area contributed by atoms with Crippen LogP contribution in [-0.4, -0.2) is 10.1 Å². The summed E-state index contributed by atoms with van der Waals surface area (Å²) in [5.74, 6) is -0.0833. The lowest BCUT2D eigenvalue weighted by molar-refractivity contribution is 0.471. The summed E-state index contributed by atoms with van der Waals surface area (Å²) in [5, 5.41) is 18.2. The van der Waals surface area contributed by atoms with Crippen LogP contribution in [0.3, 0.4) is 0 Å². The minimum absolute atomic E-state index is 0.0833. The molecule has 3 nitrogen and oxygen atoms in total. The van der Waals surface area contributed by atoms with Crippen LogP contribution in [0.1, 0.15) is 16.7 Å². The average molecular weight is 224 g/mol. The smallest absolute Gasteiger partial charge is 0.151 e. The quantitative estimate of drug-likeness (QED) is 0.810. The van der Waals surface area contributed by atoms with Gasteiger partial charge in [-0.15, -0.1) is 0 Å². The molecular weight excluding hydrogens is 212 g/mol. The van der Waals surface area contributed by atoms with E-state index in [-0.39, 0.29) is 11.3 Å². The van der Waals surface area contributed by atoms with Crippen LogP contribution in [-0.2, 0) is 0 Å². The Balaban J connectivity index is 2.54. The van der Waals surface area contributed by atoms with Crippen molar-refractivity contribution in [3.63, 3.8) is 0 Å². The highest BCUT2D eigenvalue weighted by molar-refractivity contribution is 5.63. The van der Waals surface area contributed by atoms with Gasteiger partial charge in [0.15, 0.2) is 5.75 Å². The summed E-state index contributed by atoms with van der Waals surface area (Å²) in [6.07, 6.45) is 1.31. The van der Waals surface area contributed by atoms with E-state index in [0.29, 0.717) is 5.69 Å². The zero-order valence-corrected chi connectivity index (χ0v) is 9.73. The second-order valence-electron chi connectivity index (χ2n) is 4.00. The second-order valence-corrected chi connectivity index (χ2v) is 4.00. The summed E-state index contributed by atoms with van der Waals surface area (Å²) in [7, 11) is 0. The molecule has 1 aromatic heterocycles. The maximum Gasteiger partial charge on any atom is 0.151 e. The molecule has 0 saturated carbocycles. The fraction of sp³-hybridized carbons (Fsp3) is 0.143. The Bertz CT molecular complexity index is 612. The maximum atomic E-state index is 9.40. The Morgan fingerprint density at radius 2 is 1.94 bits per heavy atom. The molecule has 0 saturated heterocycles. The second kappa shape index (κ2) is 4.26. The van der Waals surface area contributed by atoms with Crippen molar-refractivity contribution in [1.82, 2.24) is 4.98 Å². The van der Waals surface area contributed by atoms with Crippen LogP contribution in [0.5, 0.6) is 5.75 Å². The summed E-state index contributed by atoms with van der Waals surface area (Å²) in [4.78, 5) is 4.13. The molecular formula is C14H12N2O.